The van der Waals surface area contributed by atoms with Gasteiger partial charge in [0.25, 0.3) is 0 Å². The fraction of sp³-hybridized carbons (Fsp3) is 0.492. The third kappa shape index (κ3) is 18.9. The van der Waals surface area contributed by atoms with Crippen LogP contribution in [0.4, 0.5) is 0 Å². The third-order valence-corrected chi connectivity index (χ3v) is 16.6. The number of aliphatic imine (C=N–C) groups is 3. The van der Waals surface area contributed by atoms with Crippen LogP contribution in [0.15, 0.2) is 99.3 Å². The number of nitrogens with zero attached hydrogens (tertiary/aromatic N) is 5. The van der Waals surface area contributed by atoms with Gasteiger partial charge in [0.15, 0.2) is 5.96 Å². The number of aromatic amines is 1. The van der Waals surface area contributed by atoms with Crippen molar-refractivity contribution in [3.63, 3.8) is 0 Å². The minimum absolute atomic E-state index is 0.0156. The molecule has 3 saturated heterocycles. The zero-order valence-electron chi connectivity index (χ0n) is 51.3. The number of para-hydroxylation sites is 1. The van der Waals surface area contributed by atoms with Crippen LogP contribution >= 0.6 is 0 Å². The number of rotatable bonds is 18. The fourth-order valence-electron chi connectivity index (χ4n) is 12.0. The number of likely N-dealkylation sites (tertiary alicyclic amines) is 2. The highest BCUT2D eigenvalue weighted by molar-refractivity contribution is 6.00. The number of allylic oxidation sites excluding steroid dienone is 2. The molecule has 0 saturated carbocycles. The number of hydrogen-bond donors (Lipinski definition) is 12. The van der Waals surface area contributed by atoms with E-state index in [0.29, 0.717) is 59.1 Å². The number of aromatic nitrogens is 1. The molecule has 9 atom stereocenters. The Hall–Kier alpha value is -9.76. The van der Waals surface area contributed by atoms with Crippen LogP contribution in [-0.4, -0.2) is 186 Å². The molecule has 91 heavy (non-hydrogen) atoms. The van der Waals surface area contributed by atoms with Crippen LogP contribution in [0, 0.1) is 0 Å². The summed E-state index contributed by atoms with van der Waals surface area (Å²) >= 11 is 0. The summed E-state index contributed by atoms with van der Waals surface area (Å²) in [6, 6.07) is 4.51. The molecule has 0 spiro atoms. The number of carbonyl (C=O) groups excluding carboxylic acids is 11. The normalized spacial score (nSPS) is 24.2. The number of nitrogens with two attached hydrogens (primary N) is 2. The molecule has 0 radical (unpaired) electrons. The van der Waals surface area contributed by atoms with Crippen molar-refractivity contribution < 1.29 is 52.7 Å². The SMILES string of the molecule is CNC(=O)[C@H](CC1=CCC=N1)NC(=O)[C@@H]1CCCN1C(=O)[C@@H]1CCCN1C(=O)[C@@H]1CC(=O)NCCCC[C@H](NC(C)=O)C(=O)N[C@@H](CC2=CCC=N2)C(=O)N[C@H](Cc2ccccc2)C(=O)N[C@@H](CCCN=C(N)N)C(=O)N[C@@H](Cc2c[nH]c3ccccc23)C(=O)N1. The van der Waals surface area contributed by atoms with Crippen molar-refractivity contribution in [3.8, 4) is 0 Å². The topological polar surface area (TPSA) is 407 Å². The van der Waals surface area contributed by atoms with Gasteiger partial charge >= 0.3 is 0 Å². The third-order valence-electron chi connectivity index (χ3n) is 16.6. The molecule has 6 heterocycles. The van der Waals surface area contributed by atoms with Gasteiger partial charge < -0.3 is 74.1 Å². The molecule has 11 amide bonds. The Bertz CT molecular complexity index is 3340. The first kappa shape index (κ1) is 67.2. The Kier molecular flexibility index (Phi) is 24.1. The van der Waals surface area contributed by atoms with Gasteiger partial charge in [0.2, 0.25) is 65.0 Å². The van der Waals surface area contributed by atoms with Gasteiger partial charge in [-0.1, -0.05) is 60.7 Å². The number of H-pyrrole nitrogens is 1. The molecule has 2 aromatic carbocycles. The van der Waals surface area contributed by atoms with E-state index in [-0.39, 0.29) is 103 Å². The number of carbonyl (C=O) groups is 11. The summed E-state index contributed by atoms with van der Waals surface area (Å²) in [5.41, 5.74) is 14.4. The number of amides is 11. The van der Waals surface area contributed by atoms with Crippen molar-refractivity contribution >= 4 is 94.3 Å². The monoisotopic (exact) mass is 1250 g/mol. The van der Waals surface area contributed by atoms with Gasteiger partial charge in [0.1, 0.15) is 54.4 Å². The first-order chi connectivity index (χ1) is 43.8. The molecule has 28 heteroatoms. The predicted molar refractivity (Wildman–Crippen MR) is 338 cm³/mol. The van der Waals surface area contributed by atoms with Crippen LogP contribution < -0.4 is 59.3 Å². The summed E-state index contributed by atoms with van der Waals surface area (Å²) < 4.78 is 0. The number of nitrogens with one attached hydrogen (secondary N) is 10. The first-order valence-corrected chi connectivity index (χ1v) is 31.1. The number of fused-ring (bicyclic) bond motifs is 1. The molecule has 3 fully saturated rings. The average Bonchev–Trinajstić information content (AvgIpc) is 1.81. The maximum atomic E-state index is 15.3. The Balaban J connectivity index is 1.12. The molecule has 5 aliphatic heterocycles. The Morgan fingerprint density at radius 2 is 1.30 bits per heavy atom. The fourth-order valence-corrected chi connectivity index (χ4v) is 12.0. The molecule has 486 valence electrons. The molecule has 1 aromatic heterocycles. The second kappa shape index (κ2) is 32.6. The van der Waals surface area contributed by atoms with E-state index in [1.165, 1.54) is 23.8 Å². The van der Waals surface area contributed by atoms with Crippen LogP contribution in [0.5, 0.6) is 0 Å². The van der Waals surface area contributed by atoms with Gasteiger partial charge in [-0.2, -0.15) is 0 Å². The maximum Gasteiger partial charge on any atom is 0.246 e. The number of benzene rings is 2. The van der Waals surface area contributed by atoms with Crippen molar-refractivity contribution in [1.29, 1.82) is 0 Å². The van der Waals surface area contributed by atoms with Crippen molar-refractivity contribution in [2.45, 2.75) is 164 Å². The van der Waals surface area contributed by atoms with Gasteiger partial charge in [-0.15, -0.1) is 0 Å². The standard InChI is InChI=1S/C63H83N17O11/c1-37(81)72-44-21-8-9-25-69-53(82)35-50(61(90)80-30-14-24-52(80)62(91)79-29-13-23-51(79)60(89)77-48(54(83)66-2)33-40-17-10-26-67-40)78-58(87)47(32-39-36-71-43-20-7-6-19-42(39)43)75-56(85)45(22-12-28-70-63(64)65)73-57(86)46(31-38-15-4-3-5-16-38)74-59(88)49(76-55(44)84)34-41-18-11-27-68-41/h3-7,15-20,26-27,36,44-52,71H,8-14,21-25,28-35H2,1-2H3,(H,66,83)(H,69,82)(H,72,81)(H,73,86)(H,74,88)(H,75,85)(H,76,84)(H,77,89)(H,78,87)(H4,64,65,70)/t44-,45-,46+,47-,48-,49-,50-,51-,52-/m0/s1. The van der Waals surface area contributed by atoms with Gasteiger partial charge in [-0.05, 0) is 75.0 Å². The summed E-state index contributed by atoms with van der Waals surface area (Å²) in [6.07, 6.45) is 10.7. The second-order valence-electron chi connectivity index (χ2n) is 23.3. The van der Waals surface area contributed by atoms with Gasteiger partial charge in [0.05, 0.1) is 6.42 Å². The van der Waals surface area contributed by atoms with E-state index in [0.717, 1.165) is 0 Å². The van der Waals surface area contributed by atoms with E-state index in [1.807, 2.05) is 24.3 Å². The molecule has 0 aliphatic carbocycles. The highest BCUT2D eigenvalue weighted by atomic mass is 16.2. The molecular formula is C63H83N17O11. The lowest BCUT2D eigenvalue weighted by Crippen LogP contribution is -2.61. The molecular weight excluding hydrogens is 1170 g/mol. The molecule has 14 N–H and O–H groups in total. The van der Waals surface area contributed by atoms with E-state index in [2.05, 4.69) is 67.8 Å². The minimum atomic E-state index is -1.65. The molecule has 5 aliphatic rings. The van der Waals surface area contributed by atoms with Gasteiger partial charge in [-0.3, -0.25) is 67.7 Å². The lowest BCUT2D eigenvalue weighted by molar-refractivity contribution is -0.148. The molecule has 28 nitrogen and oxygen atoms in total. The quantitative estimate of drug-likeness (QED) is 0.0428. The van der Waals surface area contributed by atoms with E-state index in [9.17, 15) is 38.4 Å². The van der Waals surface area contributed by atoms with Crippen molar-refractivity contribution in [1.82, 2.24) is 62.6 Å². The molecule has 0 bridgehead atoms. The number of likely N-dealkylation sites (N-methyl/N-ethyl adjacent to an activating group) is 1. The number of guanidine groups is 1. The first-order valence-electron chi connectivity index (χ1n) is 31.1. The average molecular weight is 1250 g/mol. The van der Waals surface area contributed by atoms with Crippen LogP contribution in [0.25, 0.3) is 10.9 Å². The highest BCUT2D eigenvalue weighted by Crippen LogP contribution is 2.27. The van der Waals surface area contributed by atoms with Gasteiger partial charge in [-0.25, -0.2) is 0 Å². The van der Waals surface area contributed by atoms with Crippen molar-refractivity contribution in [2.75, 3.05) is 33.2 Å². The van der Waals surface area contributed by atoms with Crippen LogP contribution in [0.1, 0.15) is 108 Å². The number of hydrogen-bond acceptors (Lipinski definition) is 14. The van der Waals surface area contributed by atoms with Crippen LogP contribution in [0.2, 0.25) is 0 Å². The summed E-state index contributed by atoms with van der Waals surface area (Å²) in [5, 5.41) is 25.6. The predicted octanol–water partition coefficient (Wildman–Crippen LogP) is -0.665. The van der Waals surface area contributed by atoms with E-state index in [1.54, 1.807) is 61.1 Å². The van der Waals surface area contributed by atoms with Gasteiger partial charge in [0, 0.05) is 120 Å². The molecule has 8 rings (SSSR count). The molecule has 3 aromatic rings. The summed E-state index contributed by atoms with van der Waals surface area (Å²) in [7, 11) is 1.45. The van der Waals surface area contributed by atoms with E-state index >= 15 is 14.4 Å². The largest absolute Gasteiger partial charge is 0.370 e. The highest BCUT2D eigenvalue weighted by Gasteiger charge is 2.45. The second-order valence-corrected chi connectivity index (χ2v) is 23.3. The van der Waals surface area contributed by atoms with Crippen molar-refractivity contribution in [3.05, 3.63) is 95.5 Å². The Morgan fingerprint density at radius 3 is 1.98 bits per heavy atom. The summed E-state index contributed by atoms with van der Waals surface area (Å²) in [4.78, 5) is 177. The lowest BCUT2D eigenvalue weighted by Gasteiger charge is -2.33. The smallest absolute Gasteiger partial charge is 0.246 e. The van der Waals surface area contributed by atoms with E-state index in [4.69, 9.17) is 11.5 Å². The zero-order chi connectivity index (χ0) is 65.0. The van der Waals surface area contributed by atoms with Crippen molar-refractivity contribution in [2.24, 2.45) is 26.4 Å². The molecule has 0 unspecified atom stereocenters. The van der Waals surface area contributed by atoms with Crippen LogP contribution in [0.3, 0.4) is 0 Å². The lowest BCUT2D eigenvalue weighted by atomic mass is 10.0. The maximum absolute atomic E-state index is 15.3. The summed E-state index contributed by atoms with van der Waals surface area (Å²) in [5.74, 6) is -7.81. The zero-order valence-corrected chi connectivity index (χ0v) is 51.3. The summed E-state index contributed by atoms with van der Waals surface area (Å²) in [6.45, 7) is 1.50. The minimum Gasteiger partial charge on any atom is -0.370 e. The van der Waals surface area contributed by atoms with Crippen LogP contribution in [-0.2, 0) is 65.6 Å². The Morgan fingerprint density at radius 1 is 0.681 bits per heavy atom. The van der Waals surface area contributed by atoms with E-state index < -0.39 is 126 Å². The Labute approximate surface area is 526 Å².